The molecule has 0 saturated heterocycles. The van der Waals surface area contributed by atoms with Crippen molar-refractivity contribution >= 4 is 17.5 Å². The average Bonchev–Trinajstić information content (AvgIpc) is 2.53. The molecule has 128 valence electrons. The van der Waals surface area contributed by atoms with Crippen molar-refractivity contribution in [1.29, 1.82) is 0 Å². The van der Waals surface area contributed by atoms with Crippen molar-refractivity contribution < 1.29 is 19.1 Å². The number of benzene rings is 1. The van der Waals surface area contributed by atoms with Crippen molar-refractivity contribution in [3.8, 4) is 11.5 Å². The van der Waals surface area contributed by atoms with Gasteiger partial charge < -0.3 is 25.8 Å². The molecule has 0 aromatic heterocycles. The van der Waals surface area contributed by atoms with E-state index in [2.05, 4.69) is 10.6 Å². The van der Waals surface area contributed by atoms with E-state index in [1.807, 2.05) is 20.8 Å². The largest absolute Gasteiger partial charge is 0.493 e. The molecule has 0 spiro atoms. The number of hydrogen-bond acceptors (Lipinski definition) is 5. The van der Waals surface area contributed by atoms with Gasteiger partial charge in [0.1, 0.15) is 0 Å². The molecule has 1 aromatic rings. The Kier molecular flexibility index (Phi) is 7.34. The van der Waals surface area contributed by atoms with Crippen molar-refractivity contribution in [3.63, 3.8) is 0 Å². The molecule has 0 fully saturated rings. The van der Waals surface area contributed by atoms with Gasteiger partial charge in [0.05, 0.1) is 26.3 Å². The molecule has 0 radical (unpaired) electrons. The summed E-state index contributed by atoms with van der Waals surface area (Å²) in [6.45, 7) is 5.94. The molecule has 7 nitrogen and oxygen atoms in total. The Morgan fingerprint density at radius 1 is 1.26 bits per heavy atom. The lowest BCUT2D eigenvalue weighted by atomic mass is 10.1. The van der Waals surface area contributed by atoms with E-state index in [9.17, 15) is 9.59 Å². The molecule has 0 aliphatic rings. The first-order valence-electron chi connectivity index (χ1n) is 7.53. The minimum atomic E-state index is -0.631. The number of amides is 2. The second-order valence-corrected chi connectivity index (χ2v) is 5.33. The lowest BCUT2D eigenvalue weighted by Crippen LogP contribution is -2.46. The highest BCUT2D eigenvalue weighted by Crippen LogP contribution is 2.30. The number of hydrogen-bond donors (Lipinski definition) is 3. The van der Waals surface area contributed by atoms with Gasteiger partial charge in [0, 0.05) is 11.8 Å². The first-order chi connectivity index (χ1) is 10.9. The van der Waals surface area contributed by atoms with Crippen LogP contribution in [0.5, 0.6) is 11.5 Å². The van der Waals surface area contributed by atoms with E-state index < -0.39 is 6.04 Å². The van der Waals surface area contributed by atoms with E-state index in [-0.39, 0.29) is 24.3 Å². The molecule has 0 heterocycles. The predicted octanol–water partition coefficient (Wildman–Crippen LogP) is 1.13. The summed E-state index contributed by atoms with van der Waals surface area (Å²) in [6, 6.07) is 4.44. The van der Waals surface area contributed by atoms with Crippen molar-refractivity contribution in [2.75, 3.05) is 25.6 Å². The number of ether oxygens (including phenoxy) is 2. The quantitative estimate of drug-likeness (QED) is 0.665. The summed E-state index contributed by atoms with van der Waals surface area (Å²) in [5.41, 5.74) is 6.26. The minimum Gasteiger partial charge on any atom is -0.493 e. The van der Waals surface area contributed by atoms with Gasteiger partial charge in [-0.05, 0) is 25.0 Å². The summed E-state index contributed by atoms with van der Waals surface area (Å²) in [5.74, 6) is 0.438. The third kappa shape index (κ3) is 5.78. The van der Waals surface area contributed by atoms with E-state index in [0.29, 0.717) is 23.8 Å². The first-order valence-corrected chi connectivity index (χ1v) is 7.53. The molecule has 7 heteroatoms. The SMILES string of the molecule is CCOc1ccc(NC(=O)CNC(=O)[C@@H](N)C(C)C)cc1OC. The molecule has 1 aromatic carbocycles. The molecule has 0 bridgehead atoms. The van der Waals surface area contributed by atoms with Crippen LogP contribution in [0.1, 0.15) is 20.8 Å². The maximum absolute atomic E-state index is 11.9. The van der Waals surface area contributed by atoms with Crippen LogP contribution in [0.4, 0.5) is 5.69 Å². The molecule has 0 saturated carbocycles. The minimum absolute atomic E-state index is 0.00781. The molecular weight excluding hydrogens is 298 g/mol. The van der Waals surface area contributed by atoms with Gasteiger partial charge in [0.25, 0.3) is 0 Å². The van der Waals surface area contributed by atoms with Crippen LogP contribution < -0.4 is 25.8 Å². The van der Waals surface area contributed by atoms with E-state index in [1.165, 1.54) is 7.11 Å². The van der Waals surface area contributed by atoms with E-state index in [4.69, 9.17) is 15.2 Å². The number of carbonyl (C=O) groups is 2. The molecule has 0 unspecified atom stereocenters. The van der Waals surface area contributed by atoms with Crippen molar-refractivity contribution in [3.05, 3.63) is 18.2 Å². The highest BCUT2D eigenvalue weighted by Gasteiger charge is 2.17. The molecule has 0 aliphatic heterocycles. The van der Waals surface area contributed by atoms with Gasteiger partial charge >= 0.3 is 0 Å². The summed E-state index contributed by atoms with van der Waals surface area (Å²) in [6.07, 6.45) is 0. The van der Waals surface area contributed by atoms with Gasteiger partial charge in [-0.25, -0.2) is 0 Å². The van der Waals surface area contributed by atoms with Crippen LogP contribution in [-0.4, -0.2) is 38.1 Å². The van der Waals surface area contributed by atoms with Gasteiger partial charge in [-0.3, -0.25) is 9.59 Å². The van der Waals surface area contributed by atoms with Crippen LogP contribution in [0.2, 0.25) is 0 Å². The number of nitrogens with two attached hydrogens (primary N) is 1. The first kappa shape index (κ1) is 18.8. The Morgan fingerprint density at radius 2 is 1.96 bits per heavy atom. The molecule has 23 heavy (non-hydrogen) atoms. The Labute approximate surface area is 136 Å². The third-order valence-electron chi connectivity index (χ3n) is 3.19. The second kappa shape index (κ2) is 8.99. The van der Waals surface area contributed by atoms with Crippen molar-refractivity contribution in [1.82, 2.24) is 5.32 Å². The second-order valence-electron chi connectivity index (χ2n) is 5.33. The molecule has 1 rings (SSSR count). The monoisotopic (exact) mass is 323 g/mol. The van der Waals surface area contributed by atoms with E-state index in [1.54, 1.807) is 18.2 Å². The Morgan fingerprint density at radius 3 is 2.52 bits per heavy atom. The highest BCUT2D eigenvalue weighted by molar-refractivity contribution is 5.95. The summed E-state index contributed by atoms with van der Waals surface area (Å²) < 4.78 is 10.6. The van der Waals surface area contributed by atoms with E-state index in [0.717, 1.165) is 0 Å². The Bertz CT molecular complexity index is 546. The zero-order valence-corrected chi connectivity index (χ0v) is 14.0. The molecule has 0 aliphatic carbocycles. The van der Waals surface area contributed by atoms with Crippen molar-refractivity contribution in [2.45, 2.75) is 26.8 Å². The standard InChI is InChI=1S/C16H25N3O4/c1-5-23-12-7-6-11(8-13(12)22-4)19-14(20)9-18-16(21)15(17)10(2)3/h6-8,10,15H,5,9,17H2,1-4H3,(H,18,21)(H,19,20)/t15-/m0/s1. The van der Waals surface area contributed by atoms with Gasteiger partial charge in [0.15, 0.2) is 11.5 Å². The number of rotatable bonds is 8. The third-order valence-corrected chi connectivity index (χ3v) is 3.19. The lowest BCUT2D eigenvalue weighted by Gasteiger charge is -2.15. The van der Waals surface area contributed by atoms with Crippen molar-refractivity contribution in [2.24, 2.45) is 11.7 Å². The summed E-state index contributed by atoms with van der Waals surface area (Å²) in [4.78, 5) is 23.6. The molecule has 4 N–H and O–H groups in total. The number of nitrogens with one attached hydrogen (secondary N) is 2. The number of methoxy groups -OCH3 is 1. The smallest absolute Gasteiger partial charge is 0.243 e. The zero-order chi connectivity index (χ0) is 17.4. The van der Waals surface area contributed by atoms with Crippen LogP contribution in [0, 0.1) is 5.92 Å². The number of anilines is 1. The normalized spacial score (nSPS) is 11.7. The predicted molar refractivity (Wildman–Crippen MR) is 88.6 cm³/mol. The van der Waals surface area contributed by atoms with Gasteiger partial charge in [-0.1, -0.05) is 13.8 Å². The highest BCUT2D eigenvalue weighted by atomic mass is 16.5. The van der Waals surface area contributed by atoms with Crippen LogP contribution in [-0.2, 0) is 9.59 Å². The Hall–Kier alpha value is -2.28. The number of carbonyl (C=O) groups excluding carboxylic acids is 2. The van der Waals surface area contributed by atoms with Crippen LogP contribution in [0.3, 0.4) is 0 Å². The van der Waals surface area contributed by atoms with E-state index >= 15 is 0 Å². The summed E-state index contributed by atoms with van der Waals surface area (Å²) in [5, 5.41) is 5.19. The maximum Gasteiger partial charge on any atom is 0.243 e. The van der Waals surface area contributed by atoms with Crippen LogP contribution in [0.25, 0.3) is 0 Å². The zero-order valence-electron chi connectivity index (χ0n) is 14.0. The fraction of sp³-hybridized carbons (Fsp3) is 0.500. The van der Waals surface area contributed by atoms with Gasteiger partial charge in [-0.15, -0.1) is 0 Å². The summed E-state index contributed by atoms with van der Waals surface area (Å²) in [7, 11) is 1.52. The lowest BCUT2D eigenvalue weighted by molar-refractivity contribution is -0.125. The van der Waals surface area contributed by atoms with Crippen LogP contribution in [0.15, 0.2) is 18.2 Å². The summed E-state index contributed by atoms with van der Waals surface area (Å²) >= 11 is 0. The topological polar surface area (TPSA) is 103 Å². The van der Waals surface area contributed by atoms with Gasteiger partial charge in [0.2, 0.25) is 11.8 Å². The van der Waals surface area contributed by atoms with Gasteiger partial charge in [-0.2, -0.15) is 0 Å². The fourth-order valence-corrected chi connectivity index (χ4v) is 1.81. The maximum atomic E-state index is 11.9. The molecule has 2 amide bonds. The fourth-order valence-electron chi connectivity index (χ4n) is 1.81. The Balaban J connectivity index is 2.59. The van der Waals surface area contributed by atoms with Crippen LogP contribution >= 0.6 is 0 Å². The molecule has 1 atom stereocenters. The average molecular weight is 323 g/mol. The molecular formula is C16H25N3O4.